The number of benzene rings is 1. The van der Waals surface area contributed by atoms with Gasteiger partial charge in [-0.3, -0.25) is 4.79 Å². The number of hydrogen-bond acceptors (Lipinski definition) is 2. The molecule has 1 N–H and O–H groups in total. The van der Waals surface area contributed by atoms with E-state index >= 15 is 0 Å². The van der Waals surface area contributed by atoms with Crippen LogP contribution in [-0.2, 0) is 17.9 Å². The average molecular weight is 341 g/mol. The highest BCUT2D eigenvalue weighted by atomic mass is 19.4. The zero-order valence-corrected chi connectivity index (χ0v) is 12.8. The van der Waals surface area contributed by atoms with E-state index in [0.29, 0.717) is 11.1 Å². The van der Waals surface area contributed by atoms with Crippen molar-refractivity contribution < 1.29 is 22.4 Å². The van der Waals surface area contributed by atoms with Gasteiger partial charge >= 0.3 is 6.18 Å². The molecule has 8 heteroatoms. The van der Waals surface area contributed by atoms with E-state index < -0.39 is 24.4 Å². The predicted molar refractivity (Wildman–Crippen MR) is 80.2 cm³/mol. The molecular weight excluding hydrogens is 326 g/mol. The minimum atomic E-state index is -4.37. The summed E-state index contributed by atoms with van der Waals surface area (Å²) in [5.41, 5.74) is 1.08. The van der Waals surface area contributed by atoms with Crippen molar-refractivity contribution in [3.8, 4) is 0 Å². The first kappa shape index (κ1) is 17.7. The molecule has 0 atom stereocenters. The Labute approximate surface area is 135 Å². The van der Waals surface area contributed by atoms with Crippen molar-refractivity contribution in [1.82, 2.24) is 14.9 Å². The Morgan fingerprint density at radius 1 is 1.38 bits per heavy atom. The zero-order chi connectivity index (χ0) is 17.7. The van der Waals surface area contributed by atoms with Crippen LogP contribution in [0.15, 0.2) is 42.7 Å². The fourth-order valence-electron chi connectivity index (χ4n) is 2.08. The molecule has 24 heavy (non-hydrogen) atoms. The molecule has 1 amide bonds. The summed E-state index contributed by atoms with van der Waals surface area (Å²) in [6.45, 7) is 0.324. The van der Waals surface area contributed by atoms with Gasteiger partial charge in [0, 0.05) is 18.5 Å². The first-order valence-corrected chi connectivity index (χ1v) is 7.03. The maximum atomic E-state index is 13.1. The van der Waals surface area contributed by atoms with Gasteiger partial charge in [0.2, 0.25) is 5.91 Å². The molecule has 1 aromatic heterocycles. The molecule has 0 aliphatic carbocycles. The van der Waals surface area contributed by atoms with Gasteiger partial charge in [0.1, 0.15) is 18.2 Å². The number of carbonyl (C=O) groups excluding carboxylic acids is 1. The lowest BCUT2D eigenvalue weighted by Crippen LogP contribution is -2.25. The highest BCUT2D eigenvalue weighted by Crippen LogP contribution is 2.18. The van der Waals surface area contributed by atoms with Gasteiger partial charge in [-0.15, -0.1) is 0 Å². The van der Waals surface area contributed by atoms with Crippen molar-refractivity contribution in [1.29, 1.82) is 0 Å². The van der Waals surface area contributed by atoms with Gasteiger partial charge in [-0.05, 0) is 30.2 Å². The van der Waals surface area contributed by atoms with Gasteiger partial charge in [0.05, 0.1) is 6.54 Å². The van der Waals surface area contributed by atoms with Crippen molar-refractivity contribution in [2.75, 3.05) is 0 Å². The first-order valence-electron chi connectivity index (χ1n) is 7.03. The number of allylic oxidation sites excluding steroid dienone is 1. The monoisotopic (exact) mass is 341 g/mol. The third kappa shape index (κ3) is 5.22. The molecule has 0 unspecified atom stereocenters. The summed E-state index contributed by atoms with van der Waals surface area (Å²) in [6.07, 6.45) is -0.678. The molecule has 4 nitrogen and oxygen atoms in total. The van der Waals surface area contributed by atoms with Crippen LogP contribution >= 0.6 is 0 Å². The fraction of sp³-hybridized carbons (Fsp3) is 0.250. The first-order chi connectivity index (χ1) is 11.2. The summed E-state index contributed by atoms with van der Waals surface area (Å²) in [4.78, 5) is 15.7. The molecule has 1 heterocycles. The number of rotatable bonds is 5. The second kappa shape index (κ2) is 7.29. The standard InChI is InChI=1S/C16H15F4N3O/c1-11(12-3-2-4-13(17)8-12)7-15(24)22-9-14-21-5-6-23(14)10-16(18,19)20/h2-8H,9-10H2,1H3,(H,22,24). The lowest BCUT2D eigenvalue weighted by molar-refractivity contribution is -0.141. The smallest absolute Gasteiger partial charge is 0.345 e. The molecule has 2 rings (SSSR count). The molecular formula is C16H15F4N3O. The van der Waals surface area contributed by atoms with Crippen LogP contribution in [0.1, 0.15) is 18.3 Å². The molecule has 2 aromatic rings. The zero-order valence-electron chi connectivity index (χ0n) is 12.8. The summed E-state index contributed by atoms with van der Waals surface area (Å²) in [6, 6.07) is 5.75. The fourth-order valence-corrected chi connectivity index (χ4v) is 2.08. The molecule has 0 spiro atoms. The molecule has 0 bridgehead atoms. The van der Waals surface area contributed by atoms with Crippen LogP contribution in [0.5, 0.6) is 0 Å². The van der Waals surface area contributed by atoms with Crippen molar-refractivity contribution in [2.24, 2.45) is 0 Å². The van der Waals surface area contributed by atoms with Crippen molar-refractivity contribution in [3.05, 3.63) is 59.9 Å². The minimum absolute atomic E-state index is 0.0949. The Balaban J connectivity index is 1.99. The minimum Gasteiger partial charge on any atom is -0.345 e. The van der Waals surface area contributed by atoms with Crippen LogP contribution in [0, 0.1) is 5.82 Å². The molecule has 0 fully saturated rings. The Kier molecular flexibility index (Phi) is 5.38. The molecule has 1 aromatic carbocycles. The van der Waals surface area contributed by atoms with Gasteiger partial charge in [0.25, 0.3) is 0 Å². The van der Waals surface area contributed by atoms with E-state index in [0.717, 1.165) is 4.57 Å². The van der Waals surface area contributed by atoms with Crippen LogP contribution in [0.25, 0.3) is 5.57 Å². The average Bonchev–Trinajstić information content (AvgIpc) is 2.90. The number of amides is 1. The molecule has 0 saturated heterocycles. The maximum absolute atomic E-state index is 13.1. The normalized spacial score (nSPS) is 12.3. The number of imidazole rings is 1. The molecule has 128 valence electrons. The summed E-state index contributed by atoms with van der Waals surface area (Å²) in [7, 11) is 0. The summed E-state index contributed by atoms with van der Waals surface area (Å²) in [5, 5.41) is 2.47. The summed E-state index contributed by atoms with van der Waals surface area (Å²) >= 11 is 0. The molecule has 0 radical (unpaired) electrons. The molecule has 0 aliphatic rings. The molecule has 0 aliphatic heterocycles. The Bertz CT molecular complexity index is 750. The third-order valence-corrected chi connectivity index (χ3v) is 3.20. The van der Waals surface area contributed by atoms with Crippen molar-refractivity contribution in [2.45, 2.75) is 26.2 Å². The van der Waals surface area contributed by atoms with Crippen LogP contribution in [-0.4, -0.2) is 21.6 Å². The summed E-state index contributed by atoms with van der Waals surface area (Å²) in [5.74, 6) is -0.828. The van der Waals surface area contributed by atoms with Crippen molar-refractivity contribution in [3.63, 3.8) is 0 Å². The Hall–Kier alpha value is -2.64. The highest BCUT2D eigenvalue weighted by Gasteiger charge is 2.28. The third-order valence-electron chi connectivity index (χ3n) is 3.20. The second-order valence-electron chi connectivity index (χ2n) is 5.14. The number of halogens is 4. The lowest BCUT2D eigenvalue weighted by atomic mass is 10.1. The van der Waals surface area contributed by atoms with E-state index in [-0.39, 0.29) is 12.4 Å². The van der Waals surface area contributed by atoms with Crippen LogP contribution in [0.2, 0.25) is 0 Å². The predicted octanol–water partition coefficient (Wildman–Crippen LogP) is 3.30. The van der Waals surface area contributed by atoms with Gasteiger partial charge in [-0.25, -0.2) is 9.37 Å². The van der Waals surface area contributed by atoms with E-state index in [1.54, 1.807) is 13.0 Å². The van der Waals surface area contributed by atoms with Crippen LogP contribution in [0.3, 0.4) is 0 Å². The Morgan fingerprint density at radius 3 is 2.79 bits per heavy atom. The van der Waals surface area contributed by atoms with Crippen LogP contribution in [0.4, 0.5) is 17.6 Å². The second-order valence-corrected chi connectivity index (χ2v) is 5.14. The van der Waals surface area contributed by atoms with Crippen molar-refractivity contribution >= 4 is 11.5 Å². The topological polar surface area (TPSA) is 46.9 Å². The number of carbonyl (C=O) groups is 1. The van der Waals surface area contributed by atoms with Gasteiger partial charge < -0.3 is 9.88 Å². The lowest BCUT2D eigenvalue weighted by Gasteiger charge is -2.11. The van der Waals surface area contributed by atoms with Gasteiger partial charge in [0.15, 0.2) is 0 Å². The number of aromatic nitrogens is 2. The SMILES string of the molecule is CC(=CC(=O)NCc1nccn1CC(F)(F)F)c1cccc(F)c1. The maximum Gasteiger partial charge on any atom is 0.406 e. The molecule has 0 saturated carbocycles. The van der Waals surface area contributed by atoms with Gasteiger partial charge in [-0.1, -0.05) is 12.1 Å². The van der Waals surface area contributed by atoms with Crippen LogP contribution < -0.4 is 5.32 Å². The quantitative estimate of drug-likeness (QED) is 0.670. The van der Waals surface area contributed by atoms with Gasteiger partial charge in [-0.2, -0.15) is 13.2 Å². The number of nitrogens with one attached hydrogen (secondary N) is 1. The number of alkyl halides is 3. The Morgan fingerprint density at radius 2 is 2.12 bits per heavy atom. The largest absolute Gasteiger partial charge is 0.406 e. The number of hydrogen-bond donors (Lipinski definition) is 1. The van der Waals surface area contributed by atoms with E-state index in [4.69, 9.17) is 0 Å². The van der Waals surface area contributed by atoms with E-state index in [1.165, 1.54) is 36.7 Å². The highest BCUT2D eigenvalue weighted by molar-refractivity contribution is 5.94. The van der Waals surface area contributed by atoms with E-state index in [1.807, 2.05) is 0 Å². The van der Waals surface area contributed by atoms with E-state index in [2.05, 4.69) is 10.3 Å². The summed E-state index contributed by atoms with van der Waals surface area (Å²) < 4.78 is 51.3. The van der Waals surface area contributed by atoms with E-state index in [9.17, 15) is 22.4 Å². The number of nitrogens with zero attached hydrogens (tertiary/aromatic N) is 2.